The molecule has 0 saturated heterocycles. The van der Waals surface area contributed by atoms with E-state index in [1.807, 2.05) is 78.9 Å². The Balaban J connectivity index is 1.40. The highest BCUT2D eigenvalue weighted by molar-refractivity contribution is 7.57. The van der Waals surface area contributed by atoms with Crippen molar-refractivity contribution >= 4 is 13.5 Å². The van der Waals surface area contributed by atoms with E-state index in [9.17, 15) is 19.4 Å². The number of nitrogens with one attached hydrogen (secondary N) is 1. The molecule has 0 radical (unpaired) electrons. The normalized spacial score (nSPS) is 14.2. The average Bonchev–Trinajstić information content (AvgIpc) is 3.42. The summed E-state index contributed by atoms with van der Waals surface area (Å²) in [5.74, 6) is -1.02. The molecule has 3 atom stereocenters. The van der Waals surface area contributed by atoms with Gasteiger partial charge < -0.3 is 29.3 Å². The van der Waals surface area contributed by atoms with Gasteiger partial charge in [0.1, 0.15) is 23.8 Å². The SMILES string of the molecule is O=C(NC(CCC(O)OCc1ccccc1)P(=O)(O)Cc1cc(-c2ccccc2)no1)OCc1ccccc1. The first-order chi connectivity index (χ1) is 18.9. The number of nitrogens with zero attached hydrogens (tertiary/aromatic N) is 1. The fourth-order valence-corrected chi connectivity index (χ4v) is 5.57. The number of alkyl carbamates (subject to hydrolysis) is 1. The molecule has 204 valence electrons. The summed E-state index contributed by atoms with van der Waals surface area (Å²) in [5, 5.41) is 16.9. The number of hydrogen-bond acceptors (Lipinski definition) is 7. The monoisotopic (exact) mass is 550 g/mol. The van der Waals surface area contributed by atoms with Crippen LogP contribution in [0.5, 0.6) is 0 Å². The van der Waals surface area contributed by atoms with Crippen molar-refractivity contribution in [1.29, 1.82) is 0 Å². The molecule has 0 spiro atoms. The maximum Gasteiger partial charge on any atom is 0.408 e. The number of aliphatic hydroxyl groups is 1. The molecule has 3 N–H and O–H groups in total. The molecule has 0 aliphatic rings. The second-order valence-corrected chi connectivity index (χ2v) is 11.5. The van der Waals surface area contributed by atoms with Crippen LogP contribution < -0.4 is 5.32 Å². The lowest BCUT2D eigenvalue weighted by Gasteiger charge is -2.24. The van der Waals surface area contributed by atoms with Crippen LogP contribution in [0, 0.1) is 0 Å². The Hall–Kier alpha value is -3.75. The molecule has 0 saturated carbocycles. The summed E-state index contributed by atoms with van der Waals surface area (Å²) in [6.07, 6.45) is -2.45. The molecule has 1 amide bonds. The number of rotatable bonds is 13. The minimum absolute atomic E-state index is 0.000471. The van der Waals surface area contributed by atoms with Gasteiger partial charge in [-0.05, 0) is 17.5 Å². The van der Waals surface area contributed by atoms with Crippen LogP contribution in [0.25, 0.3) is 11.3 Å². The number of benzene rings is 3. The molecule has 0 bridgehead atoms. The molecule has 9 nitrogen and oxygen atoms in total. The Morgan fingerprint density at radius 3 is 2.13 bits per heavy atom. The van der Waals surface area contributed by atoms with Gasteiger partial charge in [-0.15, -0.1) is 0 Å². The number of aliphatic hydroxyl groups excluding tert-OH is 1. The highest BCUT2D eigenvalue weighted by Crippen LogP contribution is 2.50. The molecule has 4 rings (SSSR count). The fourth-order valence-electron chi connectivity index (χ4n) is 3.89. The lowest BCUT2D eigenvalue weighted by molar-refractivity contribution is -0.112. The van der Waals surface area contributed by atoms with Crippen molar-refractivity contribution in [2.24, 2.45) is 0 Å². The van der Waals surface area contributed by atoms with Gasteiger partial charge in [0, 0.05) is 18.1 Å². The van der Waals surface area contributed by atoms with E-state index in [4.69, 9.17) is 14.0 Å². The van der Waals surface area contributed by atoms with Crippen LogP contribution in [-0.2, 0) is 33.4 Å². The number of ether oxygens (including phenoxy) is 2. The van der Waals surface area contributed by atoms with Crippen molar-refractivity contribution in [3.05, 3.63) is 114 Å². The molecule has 1 aromatic heterocycles. The van der Waals surface area contributed by atoms with E-state index >= 15 is 0 Å². The van der Waals surface area contributed by atoms with Crippen molar-refractivity contribution in [3.8, 4) is 11.3 Å². The van der Waals surface area contributed by atoms with Crippen LogP contribution in [0.2, 0.25) is 0 Å². The van der Waals surface area contributed by atoms with E-state index in [0.717, 1.165) is 16.7 Å². The standard InChI is InChI=1S/C29H31N2O7P/c32-28(36-19-22-10-4-1-5-11-22)17-16-27(30-29(33)37-20-23-12-6-2-7-13-23)39(34,35)21-25-18-26(31-38-25)24-14-8-3-9-15-24/h1-15,18,27-28,32H,16-17,19-21H2,(H,30,33)(H,34,35). The summed E-state index contributed by atoms with van der Waals surface area (Å²) in [7, 11) is -4.10. The van der Waals surface area contributed by atoms with E-state index in [1.165, 1.54) is 0 Å². The van der Waals surface area contributed by atoms with Crippen molar-refractivity contribution in [2.75, 3.05) is 0 Å². The van der Waals surface area contributed by atoms with Crippen molar-refractivity contribution < 1.29 is 33.4 Å². The summed E-state index contributed by atoms with van der Waals surface area (Å²) in [6, 6.07) is 29.3. The van der Waals surface area contributed by atoms with Gasteiger partial charge in [-0.25, -0.2) is 4.79 Å². The average molecular weight is 551 g/mol. The largest absolute Gasteiger partial charge is 0.445 e. The van der Waals surface area contributed by atoms with Gasteiger partial charge in [-0.1, -0.05) is 96.2 Å². The molecular weight excluding hydrogens is 519 g/mol. The maximum absolute atomic E-state index is 13.5. The van der Waals surface area contributed by atoms with E-state index < -0.39 is 25.5 Å². The minimum Gasteiger partial charge on any atom is -0.445 e. The number of aromatic nitrogens is 1. The summed E-state index contributed by atoms with van der Waals surface area (Å²) >= 11 is 0. The Kier molecular flexibility index (Phi) is 10.1. The van der Waals surface area contributed by atoms with E-state index in [0.29, 0.717) is 5.69 Å². The minimum atomic E-state index is -4.10. The molecular formula is C29H31N2O7P. The molecule has 10 heteroatoms. The van der Waals surface area contributed by atoms with E-state index in [1.54, 1.807) is 18.2 Å². The highest BCUT2D eigenvalue weighted by Gasteiger charge is 2.35. The quantitative estimate of drug-likeness (QED) is 0.143. The molecule has 3 unspecified atom stereocenters. The summed E-state index contributed by atoms with van der Waals surface area (Å²) in [4.78, 5) is 23.6. The zero-order chi connectivity index (χ0) is 27.5. The number of carbonyl (C=O) groups is 1. The Morgan fingerprint density at radius 2 is 1.49 bits per heavy atom. The van der Waals surface area contributed by atoms with Gasteiger partial charge in [0.15, 0.2) is 6.29 Å². The topological polar surface area (TPSA) is 131 Å². The zero-order valence-electron chi connectivity index (χ0n) is 21.3. The molecule has 0 aliphatic carbocycles. The van der Waals surface area contributed by atoms with Crippen LogP contribution in [0.1, 0.15) is 29.7 Å². The summed E-state index contributed by atoms with van der Waals surface area (Å²) in [6.45, 7) is 0.177. The van der Waals surface area contributed by atoms with Crippen LogP contribution in [0.15, 0.2) is 102 Å². The molecule has 39 heavy (non-hydrogen) atoms. The van der Waals surface area contributed by atoms with Crippen molar-refractivity contribution in [3.63, 3.8) is 0 Å². The van der Waals surface area contributed by atoms with Crippen LogP contribution >= 0.6 is 7.37 Å². The molecule has 4 aromatic rings. The summed E-state index contributed by atoms with van der Waals surface area (Å²) < 4.78 is 29.6. The molecule has 1 heterocycles. The van der Waals surface area contributed by atoms with Crippen LogP contribution in [0.3, 0.4) is 0 Å². The lowest BCUT2D eigenvalue weighted by atomic mass is 10.1. The first-order valence-corrected chi connectivity index (χ1v) is 14.4. The van der Waals surface area contributed by atoms with Gasteiger partial charge in [0.25, 0.3) is 0 Å². The first kappa shape index (κ1) is 28.3. The third kappa shape index (κ3) is 8.90. The number of hydrogen-bond donors (Lipinski definition) is 3. The summed E-state index contributed by atoms with van der Waals surface area (Å²) in [5.41, 5.74) is 2.99. The highest BCUT2D eigenvalue weighted by atomic mass is 31.2. The first-order valence-electron chi connectivity index (χ1n) is 12.5. The Labute approximate surface area is 226 Å². The molecule has 0 fully saturated rings. The van der Waals surface area contributed by atoms with Crippen molar-refractivity contribution in [2.45, 2.75) is 44.3 Å². The van der Waals surface area contributed by atoms with E-state index in [-0.39, 0.29) is 38.0 Å². The van der Waals surface area contributed by atoms with Gasteiger partial charge >= 0.3 is 6.09 Å². The predicted octanol–water partition coefficient (Wildman–Crippen LogP) is 5.68. The zero-order valence-corrected chi connectivity index (χ0v) is 22.2. The van der Waals surface area contributed by atoms with Gasteiger partial charge in [0.2, 0.25) is 7.37 Å². The van der Waals surface area contributed by atoms with Crippen LogP contribution in [0.4, 0.5) is 4.79 Å². The Morgan fingerprint density at radius 1 is 0.897 bits per heavy atom. The predicted molar refractivity (Wildman–Crippen MR) is 145 cm³/mol. The maximum atomic E-state index is 13.5. The third-order valence-corrected chi connectivity index (χ3v) is 8.09. The van der Waals surface area contributed by atoms with Gasteiger partial charge in [-0.2, -0.15) is 0 Å². The second-order valence-electron chi connectivity index (χ2n) is 9.01. The number of amides is 1. The third-order valence-electron chi connectivity index (χ3n) is 5.97. The second kappa shape index (κ2) is 13.9. The fraction of sp³-hybridized carbons (Fsp3) is 0.241. The molecule has 0 aliphatic heterocycles. The van der Waals surface area contributed by atoms with Gasteiger partial charge in [-0.3, -0.25) is 4.57 Å². The van der Waals surface area contributed by atoms with Crippen LogP contribution in [-0.4, -0.2) is 33.3 Å². The van der Waals surface area contributed by atoms with E-state index in [2.05, 4.69) is 10.5 Å². The lowest BCUT2D eigenvalue weighted by Crippen LogP contribution is -2.36. The smallest absolute Gasteiger partial charge is 0.408 e. The Bertz CT molecular complexity index is 1350. The van der Waals surface area contributed by atoms with Gasteiger partial charge in [0.05, 0.1) is 12.8 Å². The molecule has 3 aromatic carbocycles. The number of carbonyl (C=O) groups excluding carboxylic acids is 1. The van der Waals surface area contributed by atoms with Crippen molar-refractivity contribution in [1.82, 2.24) is 10.5 Å².